The molecule has 0 spiro atoms. The van der Waals surface area contributed by atoms with Gasteiger partial charge in [-0.1, -0.05) is 25.0 Å². The third-order valence-electron chi connectivity index (χ3n) is 5.77. The van der Waals surface area contributed by atoms with Crippen molar-refractivity contribution in [1.29, 1.82) is 0 Å². The van der Waals surface area contributed by atoms with Crippen LogP contribution >= 0.6 is 0 Å². The number of hydrogen-bond donors (Lipinski definition) is 3. The highest BCUT2D eigenvalue weighted by atomic mass is 19.4. The summed E-state index contributed by atoms with van der Waals surface area (Å²) in [5, 5.41) is 31.6. The van der Waals surface area contributed by atoms with Gasteiger partial charge < -0.3 is 20.2 Å². The maximum absolute atomic E-state index is 13.1. The highest BCUT2D eigenvalue weighted by Crippen LogP contribution is 2.48. The Morgan fingerprint density at radius 1 is 1.12 bits per heavy atom. The average molecular weight is 373 g/mol. The topological polar surface area (TPSA) is 81.0 Å². The summed E-state index contributed by atoms with van der Waals surface area (Å²) in [6.45, 7) is -0.264. The van der Waals surface area contributed by atoms with Crippen molar-refractivity contribution >= 4 is 5.91 Å². The molecule has 2 unspecified atom stereocenters. The van der Waals surface area contributed by atoms with E-state index in [2.05, 4.69) is 0 Å². The Hall–Kier alpha value is -1.80. The molecule has 3 rings (SSSR count). The summed E-state index contributed by atoms with van der Waals surface area (Å²) >= 11 is 0. The number of piperidine rings is 1. The molecule has 0 aromatic heterocycles. The van der Waals surface area contributed by atoms with Crippen molar-refractivity contribution in [3.05, 3.63) is 29.8 Å². The fourth-order valence-corrected chi connectivity index (χ4v) is 4.34. The summed E-state index contributed by atoms with van der Waals surface area (Å²) in [5.74, 6) is -1.99. The van der Waals surface area contributed by atoms with E-state index in [9.17, 15) is 33.3 Å². The number of phenols is 1. The molecule has 1 saturated carbocycles. The zero-order valence-corrected chi connectivity index (χ0v) is 14.2. The number of benzene rings is 1. The van der Waals surface area contributed by atoms with Crippen molar-refractivity contribution in [2.24, 2.45) is 0 Å². The molecule has 1 aromatic rings. The highest BCUT2D eigenvalue weighted by molar-refractivity contribution is 5.82. The normalized spacial score (nSPS) is 32.2. The van der Waals surface area contributed by atoms with E-state index in [4.69, 9.17) is 0 Å². The largest absolute Gasteiger partial charge is 0.508 e. The number of rotatable bonds is 2. The molecule has 26 heavy (non-hydrogen) atoms. The molecule has 0 radical (unpaired) electrons. The lowest BCUT2D eigenvalue weighted by Crippen LogP contribution is -2.73. The van der Waals surface area contributed by atoms with E-state index in [1.807, 2.05) is 0 Å². The second kappa shape index (κ2) is 6.42. The van der Waals surface area contributed by atoms with Crippen molar-refractivity contribution in [1.82, 2.24) is 4.90 Å². The molecule has 1 aliphatic heterocycles. The molecule has 1 amide bonds. The summed E-state index contributed by atoms with van der Waals surface area (Å²) < 4.78 is 39.2. The predicted octanol–water partition coefficient (Wildman–Crippen LogP) is 2.13. The van der Waals surface area contributed by atoms with Crippen LogP contribution in [0.5, 0.6) is 5.75 Å². The van der Waals surface area contributed by atoms with Crippen LogP contribution in [0, 0.1) is 0 Å². The van der Waals surface area contributed by atoms with Crippen LogP contribution in [-0.4, -0.2) is 56.1 Å². The van der Waals surface area contributed by atoms with Crippen molar-refractivity contribution in [3.8, 4) is 5.75 Å². The van der Waals surface area contributed by atoms with Crippen molar-refractivity contribution < 1.29 is 33.3 Å². The number of carbonyl (C=O) groups excluding carboxylic acids is 1. The summed E-state index contributed by atoms with van der Waals surface area (Å²) in [7, 11) is 0. The van der Waals surface area contributed by atoms with Gasteiger partial charge in [0.2, 0.25) is 0 Å². The Morgan fingerprint density at radius 3 is 2.35 bits per heavy atom. The molecule has 3 N–H and O–H groups in total. The minimum absolute atomic E-state index is 0.00787. The fourth-order valence-electron chi connectivity index (χ4n) is 4.34. The van der Waals surface area contributed by atoms with Crippen LogP contribution in [0.1, 0.15) is 37.7 Å². The van der Waals surface area contributed by atoms with E-state index in [-0.39, 0.29) is 31.6 Å². The van der Waals surface area contributed by atoms with Crippen molar-refractivity contribution in [3.63, 3.8) is 0 Å². The van der Waals surface area contributed by atoms with Crippen LogP contribution in [0.25, 0.3) is 0 Å². The number of likely N-dealkylation sites (tertiary alicyclic amines) is 1. The predicted molar refractivity (Wildman–Crippen MR) is 86.4 cm³/mol. The molecule has 8 heteroatoms. The molecule has 144 valence electrons. The Morgan fingerprint density at radius 2 is 1.73 bits per heavy atom. The lowest BCUT2D eigenvalue weighted by molar-refractivity contribution is -0.244. The number of aromatic hydroxyl groups is 1. The van der Waals surface area contributed by atoms with E-state index < -0.39 is 29.3 Å². The summed E-state index contributed by atoms with van der Waals surface area (Å²) in [6, 6.07) is 4.66. The van der Waals surface area contributed by atoms with Crippen LogP contribution < -0.4 is 0 Å². The Kier molecular flexibility index (Phi) is 4.69. The van der Waals surface area contributed by atoms with Crippen LogP contribution in [0.2, 0.25) is 0 Å². The monoisotopic (exact) mass is 373 g/mol. The third kappa shape index (κ3) is 3.16. The number of aliphatic hydroxyl groups is 2. The quantitative estimate of drug-likeness (QED) is 0.742. The second-order valence-corrected chi connectivity index (χ2v) is 7.30. The molecule has 1 saturated heterocycles. The van der Waals surface area contributed by atoms with Crippen LogP contribution in [0.4, 0.5) is 13.2 Å². The van der Waals surface area contributed by atoms with E-state index in [1.54, 1.807) is 0 Å². The number of nitrogens with zero attached hydrogens (tertiary/aromatic N) is 1. The molecule has 1 heterocycles. The zero-order valence-electron chi connectivity index (χ0n) is 14.2. The standard InChI is InChI=1S/C18H22F3NO4/c19-18(20,21)15(24)22-10-9-16(25)7-1-2-8-17(16,26)14(22)11-12-3-5-13(23)6-4-12/h3-6,14,23,25-26H,1-2,7-11H2/t14-,16?,17?/m0/s1. The van der Waals surface area contributed by atoms with E-state index in [0.29, 0.717) is 29.7 Å². The summed E-state index contributed by atoms with van der Waals surface area (Å²) in [5.41, 5.74) is -2.74. The molecule has 0 bridgehead atoms. The van der Waals surface area contributed by atoms with Gasteiger partial charge in [0, 0.05) is 6.54 Å². The molecule has 5 nitrogen and oxygen atoms in total. The van der Waals surface area contributed by atoms with Gasteiger partial charge in [0.1, 0.15) is 11.4 Å². The van der Waals surface area contributed by atoms with Gasteiger partial charge in [-0.3, -0.25) is 4.79 Å². The first-order valence-corrected chi connectivity index (χ1v) is 8.67. The van der Waals surface area contributed by atoms with Crippen LogP contribution in [-0.2, 0) is 11.2 Å². The number of phenolic OH excluding ortho intramolecular Hbond substituents is 1. The van der Waals surface area contributed by atoms with Crippen LogP contribution in [0.15, 0.2) is 24.3 Å². The summed E-state index contributed by atoms with van der Waals surface area (Å²) in [6.07, 6.45) is -3.50. The first-order valence-electron chi connectivity index (χ1n) is 8.67. The molecule has 1 aliphatic carbocycles. The van der Waals surface area contributed by atoms with Crippen molar-refractivity contribution in [2.75, 3.05) is 6.54 Å². The first-order chi connectivity index (χ1) is 12.1. The summed E-state index contributed by atoms with van der Waals surface area (Å²) in [4.78, 5) is 12.6. The number of amides is 1. The lowest BCUT2D eigenvalue weighted by Gasteiger charge is -2.58. The molecule has 3 atom stereocenters. The van der Waals surface area contributed by atoms with E-state index in [0.717, 1.165) is 0 Å². The van der Waals surface area contributed by atoms with Gasteiger partial charge in [-0.15, -0.1) is 0 Å². The van der Waals surface area contributed by atoms with Gasteiger partial charge in [-0.25, -0.2) is 0 Å². The van der Waals surface area contributed by atoms with Gasteiger partial charge in [-0.05, 0) is 43.4 Å². The second-order valence-electron chi connectivity index (χ2n) is 7.30. The van der Waals surface area contributed by atoms with Gasteiger partial charge >= 0.3 is 12.1 Å². The Balaban J connectivity index is 1.99. The Bertz CT molecular complexity index is 678. The number of fused-ring (bicyclic) bond motifs is 1. The molecular weight excluding hydrogens is 351 g/mol. The SMILES string of the molecule is O=C(N1CCC2(O)CCCCC2(O)[C@@H]1Cc1ccc(O)cc1)C(F)(F)F. The maximum atomic E-state index is 13.1. The third-order valence-corrected chi connectivity index (χ3v) is 5.77. The van der Waals surface area contributed by atoms with E-state index >= 15 is 0 Å². The number of halogens is 3. The highest BCUT2D eigenvalue weighted by Gasteiger charge is 2.62. The molecule has 1 aromatic carbocycles. The maximum Gasteiger partial charge on any atom is 0.471 e. The molecule has 2 fully saturated rings. The number of alkyl halides is 3. The fraction of sp³-hybridized carbons (Fsp3) is 0.611. The Labute approximate surface area is 149 Å². The zero-order chi connectivity index (χ0) is 19.2. The number of hydrogen-bond acceptors (Lipinski definition) is 4. The van der Waals surface area contributed by atoms with Gasteiger partial charge in [0.05, 0.1) is 11.6 Å². The van der Waals surface area contributed by atoms with Crippen molar-refractivity contribution in [2.45, 2.75) is 61.9 Å². The average Bonchev–Trinajstić information content (AvgIpc) is 2.57. The minimum Gasteiger partial charge on any atom is -0.508 e. The minimum atomic E-state index is -5.05. The first kappa shape index (κ1) is 19.0. The smallest absolute Gasteiger partial charge is 0.471 e. The molecular formula is C18H22F3NO4. The van der Waals surface area contributed by atoms with E-state index in [1.165, 1.54) is 24.3 Å². The molecule has 2 aliphatic rings. The van der Waals surface area contributed by atoms with Gasteiger partial charge in [0.15, 0.2) is 0 Å². The van der Waals surface area contributed by atoms with Gasteiger partial charge in [-0.2, -0.15) is 13.2 Å². The van der Waals surface area contributed by atoms with Gasteiger partial charge in [0.25, 0.3) is 0 Å². The number of carbonyl (C=O) groups is 1. The lowest BCUT2D eigenvalue weighted by atomic mass is 9.62. The van der Waals surface area contributed by atoms with Crippen LogP contribution in [0.3, 0.4) is 0 Å².